The van der Waals surface area contributed by atoms with Crippen molar-refractivity contribution < 1.29 is 20.1 Å². The van der Waals surface area contributed by atoms with Gasteiger partial charge in [-0.1, -0.05) is 34.6 Å². The topological polar surface area (TPSA) is 104 Å². The van der Waals surface area contributed by atoms with Crippen LogP contribution in [-0.4, -0.2) is 40.0 Å². The molecule has 0 radical (unpaired) electrons. The van der Waals surface area contributed by atoms with Crippen molar-refractivity contribution in [3.8, 4) is 0 Å². The molecule has 0 aliphatic heterocycles. The van der Waals surface area contributed by atoms with Gasteiger partial charge in [-0.2, -0.15) is 0 Å². The number of aliphatic hydroxyl groups excluding tert-OH is 2. The minimum atomic E-state index is -1.59. The summed E-state index contributed by atoms with van der Waals surface area (Å²) in [4.78, 5) is 11.2. The molecule has 6 atom stereocenters. The molecule has 0 heterocycles. The lowest BCUT2D eigenvalue weighted by molar-refractivity contribution is -0.290. The molecule has 0 aromatic rings. The van der Waals surface area contributed by atoms with Gasteiger partial charge < -0.3 is 21.1 Å². The molecule has 0 spiro atoms. The highest BCUT2D eigenvalue weighted by Crippen LogP contribution is 2.73. The van der Waals surface area contributed by atoms with Gasteiger partial charge in [-0.05, 0) is 42.6 Å². The summed E-state index contributed by atoms with van der Waals surface area (Å²) in [6, 6.07) is 0. The fraction of sp³-hybridized carbons (Fsp3) is 0.941. The third-order valence-corrected chi connectivity index (χ3v) is 7.35. The van der Waals surface area contributed by atoms with E-state index >= 15 is 0 Å². The standard InChI is InChI=1S/C17H31NO4/c1-9-10(8-18)6-11-7-17(9,16(11,4)5)14(22)15(2,3)12(19)13(20)21/h9-12,14,19,22H,6-8,18H2,1-5H3,(H,20,21)/t9?,10?,11?,12-,14?,17?/m0/s1. The van der Waals surface area contributed by atoms with Crippen LogP contribution in [0.1, 0.15) is 47.5 Å². The summed E-state index contributed by atoms with van der Waals surface area (Å²) >= 11 is 0. The number of hydrogen-bond donors (Lipinski definition) is 4. The largest absolute Gasteiger partial charge is 0.479 e. The Balaban J connectivity index is 2.41. The zero-order valence-corrected chi connectivity index (χ0v) is 14.3. The summed E-state index contributed by atoms with van der Waals surface area (Å²) in [7, 11) is 0. The fourth-order valence-corrected chi connectivity index (χ4v) is 5.46. The smallest absolute Gasteiger partial charge is 0.333 e. The van der Waals surface area contributed by atoms with Crippen molar-refractivity contribution in [1.29, 1.82) is 0 Å². The van der Waals surface area contributed by atoms with Crippen LogP contribution in [0.2, 0.25) is 0 Å². The second kappa shape index (κ2) is 5.18. The van der Waals surface area contributed by atoms with Crippen molar-refractivity contribution >= 4 is 5.97 Å². The van der Waals surface area contributed by atoms with Crippen LogP contribution in [0.4, 0.5) is 0 Å². The molecule has 0 aromatic heterocycles. The Morgan fingerprint density at radius 1 is 1.36 bits per heavy atom. The van der Waals surface area contributed by atoms with Crippen LogP contribution < -0.4 is 5.73 Å². The Morgan fingerprint density at radius 3 is 2.32 bits per heavy atom. The molecule has 3 saturated carbocycles. The van der Waals surface area contributed by atoms with E-state index in [1.54, 1.807) is 13.8 Å². The van der Waals surface area contributed by atoms with Crippen molar-refractivity contribution in [1.82, 2.24) is 0 Å². The maximum Gasteiger partial charge on any atom is 0.333 e. The first-order valence-electron chi connectivity index (χ1n) is 8.23. The lowest BCUT2D eigenvalue weighted by atomic mass is 9.32. The van der Waals surface area contributed by atoms with Crippen LogP contribution in [-0.2, 0) is 4.79 Å². The molecule has 22 heavy (non-hydrogen) atoms. The lowest BCUT2D eigenvalue weighted by Crippen LogP contribution is -2.72. The highest BCUT2D eigenvalue weighted by atomic mass is 16.4. The van der Waals surface area contributed by atoms with Crippen LogP contribution in [0.5, 0.6) is 0 Å². The Bertz CT molecular complexity index is 462. The predicted molar refractivity (Wildman–Crippen MR) is 84.1 cm³/mol. The van der Waals surface area contributed by atoms with Crippen molar-refractivity contribution in [2.45, 2.75) is 59.7 Å². The third kappa shape index (κ3) is 1.98. The summed E-state index contributed by atoms with van der Waals surface area (Å²) < 4.78 is 0. The minimum Gasteiger partial charge on any atom is -0.479 e. The SMILES string of the molecule is CC1C(CN)CC2CC1(C(O)C(C)(C)[C@@H](O)C(=O)O)C2(C)C. The van der Waals surface area contributed by atoms with Gasteiger partial charge in [0, 0.05) is 10.8 Å². The second-order valence-corrected chi connectivity index (χ2v) is 8.65. The number of aliphatic carboxylic acids is 1. The van der Waals surface area contributed by atoms with Gasteiger partial charge in [0.05, 0.1) is 6.10 Å². The maximum absolute atomic E-state index is 11.2. The molecular formula is C17H31NO4. The lowest BCUT2D eigenvalue weighted by Gasteiger charge is -2.73. The Morgan fingerprint density at radius 2 is 1.91 bits per heavy atom. The van der Waals surface area contributed by atoms with Gasteiger partial charge in [-0.15, -0.1) is 0 Å². The van der Waals surface area contributed by atoms with Gasteiger partial charge in [-0.25, -0.2) is 4.79 Å². The Labute approximate surface area is 132 Å². The van der Waals surface area contributed by atoms with Gasteiger partial charge in [0.2, 0.25) is 0 Å². The molecule has 128 valence electrons. The molecular weight excluding hydrogens is 282 g/mol. The number of nitrogens with two attached hydrogens (primary N) is 1. The molecule has 3 fully saturated rings. The zero-order chi connectivity index (χ0) is 17.1. The van der Waals surface area contributed by atoms with Crippen LogP contribution in [0, 0.1) is 34.0 Å². The van der Waals surface area contributed by atoms with Gasteiger partial charge in [0.1, 0.15) is 0 Å². The van der Waals surface area contributed by atoms with Gasteiger partial charge >= 0.3 is 5.97 Å². The highest BCUT2D eigenvalue weighted by Gasteiger charge is 2.71. The average Bonchev–Trinajstić information content (AvgIpc) is 2.44. The maximum atomic E-state index is 11.2. The van der Waals surface area contributed by atoms with E-state index in [4.69, 9.17) is 5.73 Å². The van der Waals surface area contributed by atoms with Crippen molar-refractivity contribution in [2.75, 3.05) is 6.54 Å². The third-order valence-electron chi connectivity index (χ3n) is 7.35. The summed E-state index contributed by atoms with van der Waals surface area (Å²) in [5.74, 6) is -0.232. The fourth-order valence-electron chi connectivity index (χ4n) is 5.46. The van der Waals surface area contributed by atoms with Crippen molar-refractivity contribution in [3.05, 3.63) is 0 Å². The molecule has 5 nitrogen and oxygen atoms in total. The van der Waals surface area contributed by atoms with E-state index in [-0.39, 0.29) is 16.7 Å². The molecule has 5 heteroatoms. The van der Waals surface area contributed by atoms with Crippen LogP contribution in [0.3, 0.4) is 0 Å². The van der Waals surface area contributed by atoms with Crippen LogP contribution in [0.25, 0.3) is 0 Å². The number of fused-ring (bicyclic) bond motifs is 2. The van der Waals surface area contributed by atoms with E-state index in [1.165, 1.54) is 0 Å². The molecule has 3 rings (SSSR count). The minimum absolute atomic E-state index is 0.0764. The zero-order valence-electron chi connectivity index (χ0n) is 14.3. The van der Waals surface area contributed by atoms with E-state index in [0.717, 1.165) is 12.8 Å². The number of hydrogen-bond acceptors (Lipinski definition) is 4. The molecule has 3 aliphatic carbocycles. The molecule has 0 amide bonds. The number of carboxylic acid groups (broad SMARTS) is 1. The summed E-state index contributed by atoms with van der Waals surface area (Å²) in [6.45, 7) is 10.3. The van der Waals surface area contributed by atoms with E-state index in [0.29, 0.717) is 18.4 Å². The first-order valence-corrected chi connectivity index (χ1v) is 8.23. The highest BCUT2D eigenvalue weighted by molar-refractivity contribution is 5.73. The monoisotopic (exact) mass is 313 g/mol. The summed E-state index contributed by atoms with van der Waals surface area (Å²) in [6.07, 6.45) is -0.519. The summed E-state index contributed by atoms with van der Waals surface area (Å²) in [5, 5.41) is 30.4. The summed E-state index contributed by atoms with van der Waals surface area (Å²) in [5.41, 5.74) is 4.34. The number of carboxylic acids is 1. The van der Waals surface area contributed by atoms with Crippen LogP contribution in [0.15, 0.2) is 0 Å². The average molecular weight is 313 g/mol. The van der Waals surface area contributed by atoms with Crippen LogP contribution >= 0.6 is 0 Å². The molecule has 3 aliphatic rings. The molecule has 0 saturated heterocycles. The molecule has 0 aromatic carbocycles. The Hall–Kier alpha value is -0.650. The Kier molecular flexibility index (Phi) is 4.17. The quantitative estimate of drug-likeness (QED) is 0.615. The normalized spacial score (nSPS) is 39.7. The van der Waals surface area contributed by atoms with E-state index < -0.39 is 23.6 Å². The van der Waals surface area contributed by atoms with E-state index in [9.17, 15) is 20.1 Å². The number of aliphatic hydroxyl groups is 2. The van der Waals surface area contributed by atoms with E-state index in [1.807, 2.05) is 0 Å². The number of carbonyl (C=O) groups is 1. The number of rotatable bonds is 5. The molecule has 5 unspecified atom stereocenters. The van der Waals surface area contributed by atoms with Crippen molar-refractivity contribution in [3.63, 3.8) is 0 Å². The molecule has 5 N–H and O–H groups in total. The molecule has 2 bridgehead atoms. The van der Waals surface area contributed by atoms with E-state index in [2.05, 4.69) is 20.8 Å². The van der Waals surface area contributed by atoms with Gasteiger partial charge in [0.25, 0.3) is 0 Å². The first kappa shape index (κ1) is 17.7. The second-order valence-electron chi connectivity index (χ2n) is 8.65. The van der Waals surface area contributed by atoms with Crippen molar-refractivity contribution in [2.24, 2.45) is 39.7 Å². The van der Waals surface area contributed by atoms with Gasteiger partial charge in [0.15, 0.2) is 6.10 Å². The predicted octanol–water partition coefficient (Wildman–Crippen LogP) is 1.47. The first-order chi connectivity index (χ1) is 9.94. The van der Waals surface area contributed by atoms with Gasteiger partial charge in [-0.3, -0.25) is 0 Å².